The van der Waals surface area contributed by atoms with E-state index in [9.17, 15) is 4.79 Å². The minimum atomic E-state index is -0.368. The fourth-order valence-corrected chi connectivity index (χ4v) is 2.60. The molecule has 7 heteroatoms. The Kier molecular flexibility index (Phi) is 4.92. The predicted molar refractivity (Wildman–Crippen MR) is 84.6 cm³/mol. The minimum Gasteiger partial charge on any atom is -0.493 e. The summed E-state index contributed by atoms with van der Waals surface area (Å²) in [5.41, 5.74) is 2.12. The number of halogens is 1. The number of hydrogen-bond donors (Lipinski definition) is 2. The van der Waals surface area contributed by atoms with Crippen molar-refractivity contribution in [3.05, 3.63) is 40.2 Å². The Morgan fingerprint density at radius 3 is 2.73 bits per heavy atom. The van der Waals surface area contributed by atoms with Crippen molar-refractivity contribution in [3.63, 3.8) is 0 Å². The van der Waals surface area contributed by atoms with Crippen LogP contribution in [0.4, 0.5) is 10.5 Å². The van der Waals surface area contributed by atoms with Crippen LogP contribution >= 0.6 is 11.6 Å². The van der Waals surface area contributed by atoms with Crippen LogP contribution in [0.3, 0.4) is 0 Å². The number of nitrogens with one attached hydrogen (secondary N) is 2. The Morgan fingerprint density at radius 1 is 1.41 bits per heavy atom. The predicted octanol–water partition coefficient (Wildman–Crippen LogP) is 3.84. The van der Waals surface area contributed by atoms with Crippen LogP contribution in [0.5, 0.6) is 5.75 Å². The molecule has 22 heavy (non-hydrogen) atoms. The fraction of sp³-hybridized carbons (Fsp3) is 0.333. The van der Waals surface area contributed by atoms with Crippen LogP contribution in [0.15, 0.2) is 22.7 Å². The van der Waals surface area contributed by atoms with E-state index in [4.69, 9.17) is 20.9 Å². The number of aryl methyl sites for hydroxylation is 2. The molecular weight excluding hydrogens is 306 g/mol. The minimum absolute atomic E-state index is 0.239. The van der Waals surface area contributed by atoms with Crippen LogP contribution in [0.25, 0.3) is 0 Å². The average molecular weight is 324 g/mol. The first-order valence-corrected chi connectivity index (χ1v) is 7.14. The maximum atomic E-state index is 12.1. The molecule has 0 aliphatic rings. The third kappa shape index (κ3) is 3.33. The number of urea groups is 1. The molecule has 0 saturated carbocycles. The lowest BCUT2D eigenvalue weighted by Gasteiger charge is -2.16. The molecule has 6 nitrogen and oxygen atoms in total. The molecule has 0 spiro atoms. The summed E-state index contributed by atoms with van der Waals surface area (Å²) in [6, 6.07) is 4.53. The number of nitrogens with zero attached hydrogens (tertiary/aromatic N) is 1. The normalized spacial score (nSPS) is 11.9. The van der Waals surface area contributed by atoms with Crippen molar-refractivity contribution in [2.24, 2.45) is 0 Å². The third-order valence-corrected chi connectivity index (χ3v) is 3.59. The number of para-hydroxylation sites is 1. The van der Waals surface area contributed by atoms with Crippen LogP contribution in [0, 0.1) is 13.8 Å². The van der Waals surface area contributed by atoms with Crippen LogP contribution < -0.4 is 15.4 Å². The molecule has 0 fully saturated rings. The number of methoxy groups -OCH3 is 1. The Morgan fingerprint density at radius 2 is 2.14 bits per heavy atom. The molecule has 0 saturated heterocycles. The van der Waals surface area contributed by atoms with E-state index >= 15 is 0 Å². The summed E-state index contributed by atoms with van der Waals surface area (Å²) in [7, 11) is 1.50. The van der Waals surface area contributed by atoms with E-state index in [-0.39, 0.29) is 12.1 Å². The number of benzene rings is 1. The van der Waals surface area contributed by atoms with Gasteiger partial charge in [-0.2, -0.15) is 0 Å². The molecule has 0 aliphatic carbocycles. The zero-order chi connectivity index (χ0) is 16.3. The van der Waals surface area contributed by atoms with Gasteiger partial charge in [0.2, 0.25) is 0 Å². The number of ether oxygens (including phenoxy) is 1. The smallest absolute Gasteiger partial charge is 0.319 e. The summed E-state index contributed by atoms with van der Waals surface area (Å²) in [6.07, 6.45) is 0. The van der Waals surface area contributed by atoms with Crippen LogP contribution in [0.2, 0.25) is 5.02 Å². The van der Waals surface area contributed by atoms with E-state index in [2.05, 4.69) is 15.8 Å². The quantitative estimate of drug-likeness (QED) is 0.896. The first-order chi connectivity index (χ1) is 10.4. The van der Waals surface area contributed by atoms with Crippen molar-refractivity contribution in [1.82, 2.24) is 10.5 Å². The lowest BCUT2D eigenvalue weighted by atomic mass is 10.1. The second-order valence-corrected chi connectivity index (χ2v) is 5.29. The van der Waals surface area contributed by atoms with Gasteiger partial charge in [-0.1, -0.05) is 22.8 Å². The van der Waals surface area contributed by atoms with Gasteiger partial charge in [-0.25, -0.2) is 4.79 Å². The first-order valence-electron chi connectivity index (χ1n) is 6.76. The summed E-state index contributed by atoms with van der Waals surface area (Å²) in [6.45, 7) is 5.51. The highest BCUT2D eigenvalue weighted by Crippen LogP contribution is 2.32. The van der Waals surface area contributed by atoms with E-state index in [1.807, 2.05) is 20.8 Å². The second-order valence-electron chi connectivity index (χ2n) is 4.88. The molecule has 0 unspecified atom stereocenters. The van der Waals surface area contributed by atoms with Gasteiger partial charge in [-0.3, -0.25) is 0 Å². The van der Waals surface area contributed by atoms with Gasteiger partial charge in [0, 0.05) is 5.56 Å². The van der Waals surface area contributed by atoms with Gasteiger partial charge >= 0.3 is 6.03 Å². The maximum absolute atomic E-state index is 12.1. The number of carbonyl (C=O) groups excluding carboxylic acids is 1. The number of amides is 2. The number of rotatable bonds is 4. The zero-order valence-corrected chi connectivity index (χ0v) is 13.6. The third-order valence-electron chi connectivity index (χ3n) is 3.29. The summed E-state index contributed by atoms with van der Waals surface area (Å²) >= 11 is 6.02. The lowest BCUT2D eigenvalue weighted by Crippen LogP contribution is -2.31. The van der Waals surface area contributed by atoms with Gasteiger partial charge < -0.3 is 19.9 Å². The van der Waals surface area contributed by atoms with E-state index in [0.717, 1.165) is 11.3 Å². The largest absolute Gasteiger partial charge is 0.493 e. The van der Waals surface area contributed by atoms with Crippen molar-refractivity contribution >= 4 is 23.3 Å². The van der Waals surface area contributed by atoms with Gasteiger partial charge in [0.05, 0.1) is 29.6 Å². The molecule has 2 amide bonds. The van der Waals surface area contributed by atoms with Crippen molar-refractivity contribution in [2.75, 3.05) is 12.4 Å². The monoisotopic (exact) mass is 323 g/mol. The summed E-state index contributed by atoms with van der Waals surface area (Å²) < 4.78 is 10.3. The molecule has 1 aromatic carbocycles. The number of aromatic nitrogens is 1. The molecule has 2 aromatic rings. The SMILES string of the molecule is COc1c(Cl)cccc1NC(=O)N[C@@H](C)c1c(C)noc1C. The molecule has 2 N–H and O–H groups in total. The molecule has 1 aromatic heterocycles. The van der Waals surface area contributed by atoms with Gasteiger partial charge in [-0.05, 0) is 32.9 Å². The lowest BCUT2D eigenvalue weighted by molar-refractivity contribution is 0.249. The van der Waals surface area contributed by atoms with Crippen molar-refractivity contribution in [3.8, 4) is 5.75 Å². The number of hydrogen-bond acceptors (Lipinski definition) is 4. The molecule has 1 atom stereocenters. The van der Waals surface area contributed by atoms with Crippen molar-refractivity contribution < 1.29 is 14.1 Å². The standard InChI is InChI=1S/C15H18ClN3O3/c1-8(13-9(2)19-22-10(13)3)17-15(20)18-12-7-5-6-11(16)14(12)21-4/h5-8H,1-4H3,(H2,17,18,20)/t8-/m0/s1. The number of carbonyl (C=O) groups is 1. The highest BCUT2D eigenvalue weighted by atomic mass is 35.5. The van der Waals surface area contributed by atoms with Gasteiger partial charge in [0.25, 0.3) is 0 Å². The zero-order valence-electron chi connectivity index (χ0n) is 12.9. The molecule has 118 valence electrons. The van der Waals surface area contributed by atoms with E-state index in [1.54, 1.807) is 18.2 Å². The summed E-state index contributed by atoms with van der Waals surface area (Å²) in [4.78, 5) is 12.1. The molecule has 1 heterocycles. The van der Waals surface area contributed by atoms with Crippen molar-refractivity contribution in [1.29, 1.82) is 0 Å². The molecule has 0 aliphatic heterocycles. The molecule has 2 rings (SSSR count). The van der Waals surface area contributed by atoms with E-state index in [1.165, 1.54) is 7.11 Å². The van der Waals surface area contributed by atoms with Gasteiger partial charge in [0.1, 0.15) is 5.76 Å². The topological polar surface area (TPSA) is 76.4 Å². The molecule has 0 bridgehead atoms. The molecular formula is C15H18ClN3O3. The van der Waals surface area contributed by atoms with Crippen LogP contribution in [-0.4, -0.2) is 18.3 Å². The van der Waals surface area contributed by atoms with Crippen LogP contribution in [-0.2, 0) is 0 Å². The maximum Gasteiger partial charge on any atom is 0.319 e. The van der Waals surface area contributed by atoms with Gasteiger partial charge in [-0.15, -0.1) is 0 Å². The van der Waals surface area contributed by atoms with E-state index in [0.29, 0.717) is 22.2 Å². The first kappa shape index (κ1) is 16.2. The van der Waals surface area contributed by atoms with Crippen LogP contribution in [0.1, 0.15) is 30.0 Å². The van der Waals surface area contributed by atoms with E-state index < -0.39 is 0 Å². The summed E-state index contributed by atoms with van der Waals surface area (Å²) in [5.74, 6) is 1.11. The highest BCUT2D eigenvalue weighted by molar-refractivity contribution is 6.32. The second kappa shape index (κ2) is 6.70. The fourth-order valence-electron chi connectivity index (χ4n) is 2.35. The Balaban J connectivity index is 2.09. The molecule has 0 radical (unpaired) electrons. The Hall–Kier alpha value is -2.21. The van der Waals surface area contributed by atoms with Crippen molar-refractivity contribution in [2.45, 2.75) is 26.8 Å². The Labute approximate surface area is 133 Å². The highest BCUT2D eigenvalue weighted by Gasteiger charge is 2.19. The average Bonchev–Trinajstić information content (AvgIpc) is 2.78. The Bertz CT molecular complexity index is 665. The summed E-state index contributed by atoms with van der Waals surface area (Å²) in [5, 5.41) is 9.87. The number of anilines is 1. The van der Waals surface area contributed by atoms with Gasteiger partial charge in [0.15, 0.2) is 5.75 Å².